The molecule has 0 saturated carbocycles. The molecule has 0 bridgehead atoms. The molecule has 2 aromatic rings. The Morgan fingerprint density at radius 2 is 1.31 bits per heavy atom. The van der Waals surface area contributed by atoms with Gasteiger partial charge in [0, 0.05) is 23.0 Å². The van der Waals surface area contributed by atoms with E-state index < -0.39 is 35.1 Å². The van der Waals surface area contributed by atoms with Crippen molar-refractivity contribution in [3.05, 3.63) is 35.5 Å². The van der Waals surface area contributed by atoms with E-state index in [0.29, 0.717) is 16.5 Å². The van der Waals surface area contributed by atoms with Crippen molar-refractivity contribution < 1.29 is 28.6 Å². The molecule has 2 rings (SSSR count). The number of aromatic nitrogens is 1. The van der Waals surface area contributed by atoms with Gasteiger partial charge in [0.2, 0.25) is 0 Å². The van der Waals surface area contributed by atoms with Crippen LogP contribution in [-0.2, 0) is 26.0 Å². The highest BCUT2D eigenvalue weighted by Gasteiger charge is 2.32. The van der Waals surface area contributed by atoms with Gasteiger partial charge in [-0.25, -0.2) is 23.9 Å². The molecule has 1 aromatic carbocycles. The van der Waals surface area contributed by atoms with Gasteiger partial charge in [-0.2, -0.15) is 0 Å². The molecule has 8 nitrogen and oxygen atoms in total. The molecule has 0 aliphatic carbocycles. The van der Waals surface area contributed by atoms with Crippen LogP contribution in [0, 0.1) is 0 Å². The molecule has 9 heteroatoms. The average Bonchev–Trinajstić information content (AvgIpc) is 2.97. The number of fused-ring (bicyclic) bond motifs is 1. The van der Waals surface area contributed by atoms with Gasteiger partial charge in [-0.3, -0.25) is 0 Å². The zero-order valence-corrected chi connectivity index (χ0v) is 23.7. The Balaban J connectivity index is 2.49. The molecule has 0 radical (unpaired) electrons. The summed E-state index contributed by atoms with van der Waals surface area (Å²) < 4.78 is 18.1. The summed E-state index contributed by atoms with van der Waals surface area (Å²) in [4.78, 5) is 39.9. The summed E-state index contributed by atoms with van der Waals surface area (Å²) >= 11 is 3.50. The molecule has 0 aliphatic heterocycles. The number of alkyl halides is 1. The van der Waals surface area contributed by atoms with Crippen molar-refractivity contribution in [1.82, 2.24) is 9.47 Å². The quantitative estimate of drug-likeness (QED) is 0.298. The predicted molar refractivity (Wildman–Crippen MR) is 139 cm³/mol. The molecule has 0 aliphatic rings. The number of hydrogen-bond acceptors (Lipinski definition) is 6. The van der Waals surface area contributed by atoms with E-state index in [1.807, 2.05) is 45.0 Å². The molecule has 0 atom stereocenters. The summed E-state index contributed by atoms with van der Waals surface area (Å²) in [6, 6.07) is 7.47. The Hall–Kier alpha value is -2.55. The fourth-order valence-corrected chi connectivity index (χ4v) is 4.00. The molecule has 2 amide bonds. The van der Waals surface area contributed by atoms with Crippen LogP contribution in [0.5, 0.6) is 0 Å². The zero-order chi connectivity index (χ0) is 26.8. The van der Waals surface area contributed by atoms with Crippen LogP contribution >= 0.6 is 15.9 Å². The number of rotatable bonds is 4. The van der Waals surface area contributed by atoms with Gasteiger partial charge in [0.1, 0.15) is 16.8 Å². The van der Waals surface area contributed by atoms with Crippen LogP contribution in [0.2, 0.25) is 0 Å². The number of imide groups is 1. The number of ether oxygens (including phenoxy) is 3. The number of benzene rings is 1. The minimum absolute atomic E-state index is 0.00610. The van der Waals surface area contributed by atoms with E-state index in [9.17, 15) is 14.4 Å². The second-order valence-electron chi connectivity index (χ2n) is 11.3. The molecule has 0 spiro atoms. The first kappa shape index (κ1) is 28.7. The smallest absolute Gasteiger partial charge is 0.419 e. The minimum Gasteiger partial charge on any atom is -0.443 e. The molecular weight excluding hydrogens is 516 g/mol. The number of carbonyl (C=O) groups excluding carboxylic acids is 3. The van der Waals surface area contributed by atoms with Crippen molar-refractivity contribution in [2.24, 2.45) is 0 Å². The minimum atomic E-state index is -0.789. The highest BCUT2D eigenvalue weighted by Crippen LogP contribution is 2.30. The van der Waals surface area contributed by atoms with Crippen molar-refractivity contribution in [3.63, 3.8) is 0 Å². The van der Waals surface area contributed by atoms with Gasteiger partial charge >= 0.3 is 18.3 Å². The van der Waals surface area contributed by atoms with Gasteiger partial charge in [0.25, 0.3) is 0 Å². The number of hydrogen-bond donors (Lipinski definition) is 0. The third-order valence-electron chi connectivity index (χ3n) is 4.60. The van der Waals surface area contributed by atoms with Gasteiger partial charge in [0.05, 0.1) is 5.52 Å². The van der Waals surface area contributed by atoms with Crippen LogP contribution in [0.4, 0.5) is 14.4 Å². The van der Waals surface area contributed by atoms with E-state index in [0.717, 1.165) is 15.8 Å². The Kier molecular flexibility index (Phi) is 8.69. The molecular formula is C26H37BrN2O6. The van der Waals surface area contributed by atoms with Crippen LogP contribution < -0.4 is 0 Å². The lowest BCUT2D eigenvalue weighted by Gasteiger charge is -2.28. The molecule has 1 aromatic heterocycles. The van der Waals surface area contributed by atoms with Crippen molar-refractivity contribution in [2.45, 2.75) is 90.9 Å². The number of nitrogens with zero attached hydrogens (tertiary/aromatic N) is 2. The van der Waals surface area contributed by atoms with Gasteiger partial charge in [-0.05, 0) is 80.4 Å². The summed E-state index contributed by atoms with van der Waals surface area (Å²) in [5.41, 5.74) is -0.0476. The molecule has 35 heavy (non-hydrogen) atoms. The molecule has 194 valence electrons. The number of carbonyl (C=O) groups is 3. The van der Waals surface area contributed by atoms with Gasteiger partial charge in [-0.15, -0.1) is 0 Å². The normalized spacial score (nSPS) is 12.4. The highest BCUT2D eigenvalue weighted by molar-refractivity contribution is 9.08. The zero-order valence-electron chi connectivity index (χ0n) is 22.2. The second-order valence-corrected chi connectivity index (χ2v) is 11.8. The van der Waals surface area contributed by atoms with E-state index in [4.69, 9.17) is 14.2 Å². The summed E-state index contributed by atoms with van der Waals surface area (Å²) in [7, 11) is 0. The number of halogens is 1. The van der Waals surface area contributed by atoms with Crippen LogP contribution in [0.25, 0.3) is 10.9 Å². The SMILES string of the molecule is CC(C)(C)OC(=O)N(CCc1c(CBr)n(C(=O)OC(C)(C)C)c2ccccc12)C(=O)OC(C)(C)C. The summed E-state index contributed by atoms with van der Waals surface area (Å²) in [5.74, 6) is 0. The molecule has 0 N–H and O–H groups in total. The first-order chi connectivity index (χ1) is 15.9. The lowest BCUT2D eigenvalue weighted by molar-refractivity contribution is 0.00163. The van der Waals surface area contributed by atoms with Gasteiger partial charge in [-0.1, -0.05) is 34.1 Å². The topological polar surface area (TPSA) is 87.1 Å². The Bertz CT molecular complexity index is 1060. The molecule has 1 heterocycles. The number of amides is 2. The third-order valence-corrected chi connectivity index (χ3v) is 5.14. The van der Waals surface area contributed by atoms with Crippen molar-refractivity contribution in [3.8, 4) is 0 Å². The fraction of sp³-hybridized carbons (Fsp3) is 0.577. The van der Waals surface area contributed by atoms with Crippen molar-refractivity contribution in [1.29, 1.82) is 0 Å². The maximum Gasteiger partial charge on any atom is 0.419 e. The largest absolute Gasteiger partial charge is 0.443 e. The average molecular weight is 553 g/mol. The Morgan fingerprint density at radius 1 is 0.829 bits per heavy atom. The van der Waals surface area contributed by atoms with E-state index >= 15 is 0 Å². The van der Waals surface area contributed by atoms with E-state index in [2.05, 4.69) is 15.9 Å². The second kappa shape index (κ2) is 10.6. The molecule has 0 saturated heterocycles. The number of para-hydroxylation sites is 1. The molecule has 0 unspecified atom stereocenters. The van der Waals surface area contributed by atoms with Crippen LogP contribution in [0.3, 0.4) is 0 Å². The van der Waals surface area contributed by atoms with E-state index in [-0.39, 0.29) is 13.0 Å². The maximum atomic E-state index is 13.1. The third kappa shape index (κ3) is 7.98. The van der Waals surface area contributed by atoms with E-state index in [1.165, 1.54) is 4.57 Å². The fourth-order valence-electron chi connectivity index (χ4n) is 3.41. The standard InChI is InChI=1S/C26H37BrN2O6/c1-24(2,3)33-21(30)28(22(31)34-25(4,5)6)15-14-18-17-12-10-11-13-19(17)29(20(18)16-27)23(32)35-26(7,8)9/h10-13H,14-16H2,1-9H3. The monoisotopic (exact) mass is 552 g/mol. The summed E-state index contributed by atoms with van der Waals surface area (Å²) in [5, 5.41) is 1.20. The first-order valence-corrected chi connectivity index (χ1v) is 12.7. The molecule has 0 fully saturated rings. The maximum absolute atomic E-state index is 13.1. The van der Waals surface area contributed by atoms with E-state index in [1.54, 1.807) is 41.5 Å². The Morgan fingerprint density at radius 3 is 1.77 bits per heavy atom. The van der Waals surface area contributed by atoms with Crippen LogP contribution in [0.1, 0.15) is 73.6 Å². The van der Waals surface area contributed by atoms with Crippen LogP contribution in [-0.4, -0.2) is 51.1 Å². The first-order valence-electron chi connectivity index (χ1n) is 11.6. The Labute approximate surface area is 216 Å². The lowest BCUT2D eigenvalue weighted by Crippen LogP contribution is -2.44. The van der Waals surface area contributed by atoms with Gasteiger partial charge in [0.15, 0.2) is 0 Å². The predicted octanol–water partition coefficient (Wildman–Crippen LogP) is 7.03. The van der Waals surface area contributed by atoms with Crippen molar-refractivity contribution in [2.75, 3.05) is 6.54 Å². The van der Waals surface area contributed by atoms with Crippen LogP contribution in [0.15, 0.2) is 24.3 Å². The van der Waals surface area contributed by atoms with Crippen molar-refractivity contribution >= 4 is 45.1 Å². The lowest BCUT2D eigenvalue weighted by atomic mass is 10.1. The summed E-state index contributed by atoms with van der Waals surface area (Å²) in [6.45, 7) is 15.8. The highest BCUT2D eigenvalue weighted by atomic mass is 79.9. The summed E-state index contributed by atoms with van der Waals surface area (Å²) in [6.07, 6.45) is -1.79. The van der Waals surface area contributed by atoms with Gasteiger partial charge < -0.3 is 14.2 Å².